The zero-order valence-corrected chi connectivity index (χ0v) is 12.3. The lowest BCUT2D eigenvalue weighted by molar-refractivity contribution is 1.19. The van der Waals surface area contributed by atoms with Crippen molar-refractivity contribution in [1.29, 1.82) is 0 Å². The van der Waals surface area contributed by atoms with Gasteiger partial charge in [0, 0.05) is 18.6 Å². The summed E-state index contributed by atoms with van der Waals surface area (Å²) in [6, 6.07) is 14.8. The summed E-state index contributed by atoms with van der Waals surface area (Å²) in [4.78, 5) is 12.8. The lowest BCUT2D eigenvalue weighted by atomic mass is 10.1. The molecule has 3 rings (SSSR count). The molecule has 108 valence electrons. The Morgan fingerprint density at radius 1 is 0.864 bits per heavy atom. The topological polar surface area (TPSA) is 63.1 Å². The van der Waals surface area contributed by atoms with Crippen molar-refractivity contribution in [2.45, 2.75) is 0 Å². The number of hydrazone groups is 1. The van der Waals surface area contributed by atoms with E-state index in [9.17, 15) is 0 Å². The number of rotatable bonds is 4. The Hall–Kier alpha value is -2.79. The van der Waals surface area contributed by atoms with Crippen LogP contribution in [0.3, 0.4) is 0 Å². The van der Waals surface area contributed by atoms with Crippen LogP contribution in [0.2, 0.25) is 5.02 Å². The van der Waals surface area contributed by atoms with Gasteiger partial charge in [-0.25, -0.2) is 4.98 Å². The van der Waals surface area contributed by atoms with Crippen LogP contribution >= 0.6 is 11.6 Å². The molecule has 0 atom stereocenters. The molecule has 0 aliphatic heterocycles. The summed E-state index contributed by atoms with van der Waals surface area (Å²) in [5.74, 6) is 0.591. The van der Waals surface area contributed by atoms with Crippen LogP contribution in [0.25, 0.3) is 0 Å². The Morgan fingerprint density at radius 3 is 2.05 bits per heavy atom. The summed E-state index contributed by atoms with van der Waals surface area (Å²) in [5.41, 5.74) is 4.99. The van der Waals surface area contributed by atoms with Crippen LogP contribution in [0.5, 0.6) is 0 Å². The molecule has 1 N–H and O–H groups in total. The molecule has 0 aliphatic carbocycles. The van der Waals surface area contributed by atoms with Crippen molar-refractivity contribution in [3.63, 3.8) is 0 Å². The molecule has 0 radical (unpaired) electrons. The Labute approximate surface area is 132 Å². The van der Waals surface area contributed by atoms with Gasteiger partial charge >= 0.3 is 0 Å². The quantitative estimate of drug-likeness (QED) is 0.592. The molecule has 0 unspecified atom stereocenters. The highest BCUT2D eigenvalue weighted by atomic mass is 35.5. The molecule has 22 heavy (non-hydrogen) atoms. The summed E-state index contributed by atoms with van der Waals surface area (Å²) in [5, 5.41) is 4.97. The van der Waals surface area contributed by atoms with Gasteiger partial charge in [-0.05, 0) is 36.4 Å². The van der Waals surface area contributed by atoms with Crippen LogP contribution in [0.4, 0.5) is 5.82 Å². The van der Waals surface area contributed by atoms with Gasteiger partial charge in [0.15, 0.2) is 0 Å². The van der Waals surface area contributed by atoms with E-state index in [1.807, 2.05) is 36.4 Å². The fourth-order valence-electron chi connectivity index (χ4n) is 1.81. The molecule has 0 spiro atoms. The monoisotopic (exact) mass is 309 g/mol. The SMILES string of the molecule is Clc1ccc(NN=C(c2ccccn2)c2ccccn2)nc1. The zero-order valence-electron chi connectivity index (χ0n) is 11.5. The number of nitrogens with zero attached hydrogens (tertiary/aromatic N) is 4. The number of nitrogens with one attached hydrogen (secondary N) is 1. The standard InChI is InChI=1S/C16H12ClN5/c17-12-7-8-15(20-11-12)21-22-16(13-5-1-3-9-18-13)14-6-2-4-10-19-14/h1-11H,(H,20,21). The lowest BCUT2D eigenvalue weighted by Crippen LogP contribution is -2.10. The van der Waals surface area contributed by atoms with E-state index in [1.165, 1.54) is 0 Å². The Balaban J connectivity index is 1.95. The molecule has 0 saturated heterocycles. The van der Waals surface area contributed by atoms with E-state index >= 15 is 0 Å². The Kier molecular flexibility index (Phi) is 4.36. The van der Waals surface area contributed by atoms with Crippen molar-refractivity contribution >= 4 is 23.1 Å². The average Bonchev–Trinajstić information content (AvgIpc) is 2.59. The van der Waals surface area contributed by atoms with Crippen LogP contribution in [0.15, 0.2) is 72.2 Å². The van der Waals surface area contributed by atoms with E-state index in [4.69, 9.17) is 11.6 Å². The highest BCUT2D eigenvalue weighted by Crippen LogP contribution is 2.11. The van der Waals surface area contributed by atoms with E-state index in [0.29, 0.717) is 16.6 Å². The van der Waals surface area contributed by atoms with E-state index in [-0.39, 0.29) is 0 Å². The van der Waals surface area contributed by atoms with Gasteiger partial charge in [-0.3, -0.25) is 15.4 Å². The normalized spacial score (nSPS) is 10.0. The maximum atomic E-state index is 5.82. The Morgan fingerprint density at radius 2 is 1.55 bits per heavy atom. The molecule has 0 fully saturated rings. The van der Waals surface area contributed by atoms with Crippen molar-refractivity contribution in [1.82, 2.24) is 15.0 Å². The number of aromatic nitrogens is 3. The first-order valence-corrected chi connectivity index (χ1v) is 6.99. The summed E-state index contributed by atoms with van der Waals surface area (Å²) < 4.78 is 0. The minimum atomic E-state index is 0.573. The molecular formula is C16H12ClN5. The third-order valence-electron chi connectivity index (χ3n) is 2.82. The number of pyridine rings is 3. The smallest absolute Gasteiger partial charge is 0.146 e. The molecule has 3 aromatic heterocycles. The summed E-state index contributed by atoms with van der Waals surface area (Å²) in [7, 11) is 0. The number of hydrogen-bond donors (Lipinski definition) is 1. The molecule has 0 aromatic carbocycles. The van der Waals surface area contributed by atoms with Crippen molar-refractivity contribution in [3.05, 3.63) is 83.5 Å². The number of halogens is 1. The van der Waals surface area contributed by atoms with E-state index < -0.39 is 0 Å². The fraction of sp³-hybridized carbons (Fsp3) is 0. The minimum Gasteiger partial charge on any atom is -0.261 e. The second kappa shape index (κ2) is 6.78. The first-order chi connectivity index (χ1) is 10.8. The van der Waals surface area contributed by atoms with Gasteiger partial charge in [0.1, 0.15) is 11.5 Å². The van der Waals surface area contributed by atoms with Gasteiger partial charge in [0.2, 0.25) is 0 Å². The first-order valence-electron chi connectivity index (χ1n) is 6.61. The van der Waals surface area contributed by atoms with Crippen LogP contribution in [-0.2, 0) is 0 Å². The van der Waals surface area contributed by atoms with Gasteiger partial charge in [-0.2, -0.15) is 5.10 Å². The van der Waals surface area contributed by atoms with Crippen molar-refractivity contribution in [2.24, 2.45) is 5.10 Å². The maximum absolute atomic E-state index is 5.82. The van der Waals surface area contributed by atoms with E-state index in [1.54, 1.807) is 30.7 Å². The molecule has 0 saturated carbocycles. The summed E-state index contributed by atoms with van der Waals surface area (Å²) in [6.45, 7) is 0. The van der Waals surface area contributed by atoms with Crippen molar-refractivity contribution in [2.75, 3.05) is 5.43 Å². The predicted molar refractivity (Wildman–Crippen MR) is 87.0 cm³/mol. The highest BCUT2D eigenvalue weighted by Gasteiger charge is 2.09. The van der Waals surface area contributed by atoms with Crippen LogP contribution in [0, 0.1) is 0 Å². The second-order valence-corrected chi connectivity index (χ2v) is 4.80. The summed E-state index contributed by atoms with van der Waals surface area (Å²) in [6.07, 6.45) is 4.99. The molecule has 0 bridgehead atoms. The predicted octanol–water partition coefficient (Wildman–Crippen LogP) is 3.39. The lowest BCUT2D eigenvalue weighted by Gasteiger charge is -2.06. The maximum Gasteiger partial charge on any atom is 0.146 e. The van der Waals surface area contributed by atoms with Gasteiger partial charge in [-0.15, -0.1) is 0 Å². The molecule has 0 aliphatic rings. The average molecular weight is 310 g/mol. The Bertz CT molecular complexity index is 716. The van der Waals surface area contributed by atoms with Crippen LogP contribution < -0.4 is 5.43 Å². The van der Waals surface area contributed by atoms with Crippen LogP contribution in [0.1, 0.15) is 11.4 Å². The fourth-order valence-corrected chi connectivity index (χ4v) is 1.92. The van der Waals surface area contributed by atoms with Gasteiger partial charge in [-0.1, -0.05) is 23.7 Å². The zero-order chi connectivity index (χ0) is 15.2. The molecule has 0 amide bonds. The second-order valence-electron chi connectivity index (χ2n) is 4.36. The third kappa shape index (κ3) is 3.45. The molecule has 3 heterocycles. The van der Waals surface area contributed by atoms with Crippen molar-refractivity contribution < 1.29 is 0 Å². The van der Waals surface area contributed by atoms with Crippen molar-refractivity contribution in [3.8, 4) is 0 Å². The minimum absolute atomic E-state index is 0.573. The van der Waals surface area contributed by atoms with E-state index in [0.717, 1.165) is 11.4 Å². The largest absolute Gasteiger partial charge is 0.261 e. The molecule has 6 heteroatoms. The summed E-state index contributed by atoms with van der Waals surface area (Å²) >= 11 is 5.82. The molecule has 5 nitrogen and oxygen atoms in total. The molecular weight excluding hydrogens is 298 g/mol. The third-order valence-corrected chi connectivity index (χ3v) is 3.05. The number of hydrogen-bond acceptors (Lipinski definition) is 5. The first kappa shape index (κ1) is 14.2. The van der Waals surface area contributed by atoms with Gasteiger partial charge < -0.3 is 0 Å². The highest BCUT2D eigenvalue weighted by molar-refractivity contribution is 6.30. The molecule has 3 aromatic rings. The van der Waals surface area contributed by atoms with Gasteiger partial charge in [0.25, 0.3) is 0 Å². The van der Waals surface area contributed by atoms with Crippen LogP contribution in [-0.4, -0.2) is 20.7 Å². The van der Waals surface area contributed by atoms with Gasteiger partial charge in [0.05, 0.1) is 16.4 Å². The number of anilines is 1. The van der Waals surface area contributed by atoms with E-state index in [2.05, 4.69) is 25.5 Å².